The molecule has 3 N–H and O–H groups in total. The monoisotopic (exact) mass is 746 g/mol. The number of aliphatic hydroxyl groups is 2. The number of ether oxygens (including phenoxy) is 1. The number of hydrogen-bond donors (Lipinski definition) is 3. The van der Waals surface area contributed by atoms with Crippen molar-refractivity contribution < 1.29 is 24.5 Å². The molecule has 6 heteroatoms. The molecule has 6 nitrogen and oxygen atoms in total. The van der Waals surface area contributed by atoms with Gasteiger partial charge in [0.2, 0.25) is 5.91 Å². The molecule has 0 saturated heterocycles. The minimum atomic E-state index is -0.859. The van der Waals surface area contributed by atoms with E-state index in [2.05, 4.69) is 43.5 Å². The van der Waals surface area contributed by atoms with Crippen LogP contribution in [0.2, 0.25) is 0 Å². The average molecular weight is 746 g/mol. The number of unbranched alkanes of at least 4 members (excludes halogenated alkanes) is 26. The zero-order valence-electron chi connectivity index (χ0n) is 35.0. The van der Waals surface area contributed by atoms with Gasteiger partial charge in [-0.1, -0.05) is 159 Å². The Balaban J connectivity index is 3.57. The Kier molecular flexibility index (Phi) is 41.3. The van der Waals surface area contributed by atoms with Crippen molar-refractivity contribution in [2.24, 2.45) is 0 Å². The molecule has 2 unspecified atom stereocenters. The molecule has 0 heterocycles. The van der Waals surface area contributed by atoms with Crippen molar-refractivity contribution in [2.75, 3.05) is 13.2 Å². The lowest BCUT2D eigenvalue weighted by Gasteiger charge is -2.20. The van der Waals surface area contributed by atoms with Crippen LogP contribution in [0.4, 0.5) is 0 Å². The first-order valence-electron chi connectivity index (χ1n) is 22.8. The molecule has 0 aromatic carbocycles. The molecule has 0 aromatic heterocycles. The molecule has 310 valence electrons. The first-order chi connectivity index (χ1) is 26.0. The molecule has 0 fully saturated rings. The maximum atomic E-state index is 12.4. The molecule has 53 heavy (non-hydrogen) atoms. The number of rotatable bonds is 41. The third-order valence-electron chi connectivity index (χ3n) is 10.1. The largest absolute Gasteiger partial charge is 0.466 e. The SMILES string of the molecule is CCCCC/C=C\CCCCCCCC(=O)OCCCCC/C=C\CCCCCCCC(=O)NC(CO)C(O)/C=C/CCCCCCCCCCCC. The first-order valence-corrected chi connectivity index (χ1v) is 22.8. The minimum Gasteiger partial charge on any atom is -0.466 e. The van der Waals surface area contributed by atoms with Gasteiger partial charge in [0.15, 0.2) is 0 Å². The summed E-state index contributed by atoms with van der Waals surface area (Å²) in [6.07, 6.45) is 49.8. The molecule has 0 aromatic rings. The van der Waals surface area contributed by atoms with E-state index in [0.29, 0.717) is 19.4 Å². The van der Waals surface area contributed by atoms with Crippen LogP contribution < -0.4 is 5.32 Å². The molecule has 0 radical (unpaired) electrons. The van der Waals surface area contributed by atoms with Gasteiger partial charge in [-0.2, -0.15) is 0 Å². The van der Waals surface area contributed by atoms with Gasteiger partial charge in [-0.3, -0.25) is 9.59 Å². The van der Waals surface area contributed by atoms with E-state index in [1.165, 1.54) is 116 Å². The normalized spacial score (nSPS) is 13.1. The van der Waals surface area contributed by atoms with Gasteiger partial charge in [0.1, 0.15) is 0 Å². The molecule has 0 bridgehead atoms. The van der Waals surface area contributed by atoms with Crippen LogP contribution in [0.15, 0.2) is 36.5 Å². The van der Waals surface area contributed by atoms with Crippen molar-refractivity contribution in [3.63, 3.8) is 0 Å². The van der Waals surface area contributed by atoms with Gasteiger partial charge in [0, 0.05) is 12.8 Å². The summed E-state index contributed by atoms with van der Waals surface area (Å²) in [7, 11) is 0. The van der Waals surface area contributed by atoms with E-state index in [4.69, 9.17) is 4.74 Å². The highest BCUT2D eigenvalue weighted by Gasteiger charge is 2.18. The number of carbonyl (C=O) groups excluding carboxylic acids is 2. The van der Waals surface area contributed by atoms with Gasteiger partial charge in [-0.05, 0) is 89.9 Å². The summed E-state index contributed by atoms with van der Waals surface area (Å²) >= 11 is 0. The number of carbonyl (C=O) groups is 2. The van der Waals surface area contributed by atoms with Crippen LogP contribution in [0.5, 0.6) is 0 Å². The van der Waals surface area contributed by atoms with E-state index in [1.54, 1.807) is 6.08 Å². The van der Waals surface area contributed by atoms with Crippen molar-refractivity contribution in [1.29, 1.82) is 0 Å². The van der Waals surface area contributed by atoms with Crippen LogP contribution in [0.25, 0.3) is 0 Å². The lowest BCUT2D eigenvalue weighted by Crippen LogP contribution is -2.45. The Morgan fingerprint density at radius 2 is 0.887 bits per heavy atom. The highest BCUT2D eigenvalue weighted by atomic mass is 16.5. The second kappa shape index (κ2) is 42.8. The topological polar surface area (TPSA) is 95.9 Å². The van der Waals surface area contributed by atoms with Gasteiger partial charge < -0.3 is 20.3 Å². The van der Waals surface area contributed by atoms with E-state index in [0.717, 1.165) is 83.5 Å². The fraction of sp³-hybridized carbons (Fsp3) is 0.830. The molecule has 0 aliphatic rings. The highest BCUT2D eigenvalue weighted by Crippen LogP contribution is 2.13. The van der Waals surface area contributed by atoms with Crippen molar-refractivity contribution in [3.8, 4) is 0 Å². The standard InChI is InChI=1S/C47H87NO5/c1-3-5-7-9-11-13-15-19-23-27-31-35-39-45(50)44(43-49)48-46(51)40-36-32-28-24-20-17-18-22-26-30-34-38-42-53-47(52)41-37-33-29-25-21-16-14-12-10-8-6-4-2/h12,14,18,22,35,39,44-45,49-50H,3-11,13,15-17,19-21,23-34,36-38,40-43H2,1-2H3,(H,48,51)/b14-12-,22-18-,39-35+. The van der Waals surface area contributed by atoms with E-state index < -0.39 is 12.1 Å². The van der Waals surface area contributed by atoms with E-state index in [-0.39, 0.29) is 18.5 Å². The minimum absolute atomic E-state index is 0.0357. The molecule has 2 atom stereocenters. The third kappa shape index (κ3) is 39.6. The maximum absolute atomic E-state index is 12.4. The number of nitrogens with one attached hydrogen (secondary N) is 1. The summed E-state index contributed by atoms with van der Waals surface area (Å²) in [6, 6.07) is -0.645. The molecule has 0 aliphatic carbocycles. The molecule has 0 spiro atoms. The smallest absolute Gasteiger partial charge is 0.305 e. The second-order valence-corrected chi connectivity index (χ2v) is 15.4. The van der Waals surface area contributed by atoms with E-state index >= 15 is 0 Å². The fourth-order valence-corrected chi connectivity index (χ4v) is 6.56. The van der Waals surface area contributed by atoms with Gasteiger partial charge in [-0.25, -0.2) is 0 Å². The van der Waals surface area contributed by atoms with Crippen LogP contribution in [-0.2, 0) is 14.3 Å². The number of aliphatic hydroxyl groups excluding tert-OH is 2. The number of esters is 1. The van der Waals surface area contributed by atoms with Crippen LogP contribution in [0.3, 0.4) is 0 Å². The van der Waals surface area contributed by atoms with Crippen molar-refractivity contribution in [2.45, 2.75) is 238 Å². The Labute approximate surface area is 328 Å². The summed E-state index contributed by atoms with van der Waals surface area (Å²) in [5, 5.41) is 22.9. The maximum Gasteiger partial charge on any atom is 0.305 e. The van der Waals surface area contributed by atoms with Crippen LogP contribution in [0, 0.1) is 0 Å². The third-order valence-corrected chi connectivity index (χ3v) is 10.1. The van der Waals surface area contributed by atoms with Gasteiger partial charge in [-0.15, -0.1) is 0 Å². The van der Waals surface area contributed by atoms with Crippen LogP contribution >= 0.6 is 0 Å². The summed E-state index contributed by atoms with van der Waals surface area (Å²) < 4.78 is 5.41. The van der Waals surface area contributed by atoms with Crippen LogP contribution in [-0.4, -0.2) is 47.4 Å². The zero-order chi connectivity index (χ0) is 38.7. The number of amides is 1. The summed E-state index contributed by atoms with van der Waals surface area (Å²) in [6.45, 7) is 4.78. The molecular formula is C47H87NO5. The predicted octanol–water partition coefficient (Wildman–Crippen LogP) is 12.9. The molecule has 0 aliphatic heterocycles. The Morgan fingerprint density at radius 1 is 0.509 bits per heavy atom. The van der Waals surface area contributed by atoms with Gasteiger partial charge in [0.05, 0.1) is 25.4 Å². The molecular weight excluding hydrogens is 659 g/mol. The van der Waals surface area contributed by atoms with Gasteiger partial charge in [0.25, 0.3) is 0 Å². The number of allylic oxidation sites excluding steroid dienone is 5. The zero-order valence-corrected chi connectivity index (χ0v) is 35.0. The average Bonchev–Trinajstić information content (AvgIpc) is 3.16. The second-order valence-electron chi connectivity index (χ2n) is 15.4. The number of hydrogen-bond acceptors (Lipinski definition) is 5. The Hall–Kier alpha value is -1.92. The molecule has 1 amide bonds. The summed E-state index contributed by atoms with van der Waals surface area (Å²) in [4.78, 5) is 24.3. The van der Waals surface area contributed by atoms with Gasteiger partial charge >= 0.3 is 5.97 Å². The van der Waals surface area contributed by atoms with Crippen molar-refractivity contribution in [3.05, 3.63) is 36.5 Å². The van der Waals surface area contributed by atoms with E-state index in [9.17, 15) is 19.8 Å². The molecule has 0 rings (SSSR count). The highest BCUT2D eigenvalue weighted by molar-refractivity contribution is 5.76. The molecule has 0 saturated carbocycles. The quantitative estimate of drug-likeness (QED) is 0.0329. The lowest BCUT2D eigenvalue weighted by atomic mass is 10.1. The Bertz CT molecular complexity index is 869. The summed E-state index contributed by atoms with van der Waals surface area (Å²) in [5.74, 6) is -0.133. The summed E-state index contributed by atoms with van der Waals surface area (Å²) in [5.41, 5.74) is 0. The Morgan fingerprint density at radius 3 is 1.38 bits per heavy atom. The van der Waals surface area contributed by atoms with E-state index in [1.807, 2.05) is 6.08 Å². The first kappa shape index (κ1) is 51.1. The lowest BCUT2D eigenvalue weighted by molar-refractivity contribution is -0.143. The van der Waals surface area contributed by atoms with Crippen LogP contribution in [0.1, 0.15) is 226 Å². The van der Waals surface area contributed by atoms with Crippen molar-refractivity contribution in [1.82, 2.24) is 5.32 Å². The fourth-order valence-electron chi connectivity index (χ4n) is 6.56. The van der Waals surface area contributed by atoms with Crippen molar-refractivity contribution >= 4 is 11.9 Å². The predicted molar refractivity (Wildman–Crippen MR) is 227 cm³/mol.